The van der Waals surface area contributed by atoms with Gasteiger partial charge in [-0.05, 0) is 62.7 Å². The summed E-state index contributed by atoms with van der Waals surface area (Å²) in [6, 6.07) is 0. The molecule has 0 radical (unpaired) electrons. The van der Waals surface area contributed by atoms with Gasteiger partial charge in [0.05, 0.1) is 6.10 Å². The van der Waals surface area contributed by atoms with Crippen LogP contribution in [-0.4, -0.2) is 23.3 Å². The van der Waals surface area contributed by atoms with Crippen molar-refractivity contribution in [3.05, 3.63) is 12.2 Å². The third-order valence-electron chi connectivity index (χ3n) is 5.28. The summed E-state index contributed by atoms with van der Waals surface area (Å²) >= 11 is 0. The van der Waals surface area contributed by atoms with Gasteiger partial charge >= 0.3 is 5.97 Å². The minimum atomic E-state index is -0.236. The van der Waals surface area contributed by atoms with Crippen molar-refractivity contribution in [1.29, 1.82) is 0 Å². The van der Waals surface area contributed by atoms with Crippen LogP contribution < -0.4 is 0 Å². The monoisotopic (exact) mass is 250 g/mol. The van der Waals surface area contributed by atoms with Crippen LogP contribution in [0.3, 0.4) is 0 Å². The zero-order valence-electron chi connectivity index (χ0n) is 11.0. The second-order valence-corrected chi connectivity index (χ2v) is 6.41. The van der Waals surface area contributed by atoms with Crippen molar-refractivity contribution in [3.63, 3.8) is 0 Å². The summed E-state index contributed by atoms with van der Waals surface area (Å²) in [5, 5.41) is 9.77. The van der Waals surface area contributed by atoms with Crippen molar-refractivity contribution in [2.45, 2.75) is 51.2 Å². The number of carbonyl (C=O) groups is 1. The molecule has 3 aliphatic rings. The first-order valence-electron chi connectivity index (χ1n) is 7.11. The largest absolute Gasteiger partial charge is 0.459 e. The molecule has 0 aromatic rings. The van der Waals surface area contributed by atoms with Crippen LogP contribution in [0.2, 0.25) is 0 Å². The normalized spacial score (nSPS) is 45.7. The molecule has 2 bridgehead atoms. The van der Waals surface area contributed by atoms with Crippen LogP contribution in [0.15, 0.2) is 12.2 Å². The molecular weight excluding hydrogens is 228 g/mol. The average molecular weight is 250 g/mol. The minimum Gasteiger partial charge on any atom is -0.459 e. The zero-order valence-corrected chi connectivity index (χ0v) is 11.0. The molecule has 6 unspecified atom stereocenters. The summed E-state index contributed by atoms with van der Waals surface area (Å²) in [5.41, 5.74) is 0.494. The van der Waals surface area contributed by atoms with E-state index in [-0.39, 0.29) is 18.2 Å². The van der Waals surface area contributed by atoms with Gasteiger partial charge < -0.3 is 9.84 Å². The number of fused-ring (bicyclic) bond motifs is 5. The van der Waals surface area contributed by atoms with E-state index >= 15 is 0 Å². The topological polar surface area (TPSA) is 46.5 Å². The van der Waals surface area contributed by atoms with Crippen LogP contribution in [0, 0.1) is 23.7 Å². The van der Waals surface area contributed by atoms with Crippen molar-refractivity contribution in [1.82, 2.24) is 0 Å². The highest BCUT2D eigenvalue weighted by atomic mass is 16.5. The Labute approximate surface area is 108 Å². The maximum Gasteiger partial charge on any atom is 0.333 e. The van der Waals surface area contributed by atoms with Gasteiger partial charge in [-0.15, -0.1) is 0 Å². The number of esters is 1. The van der Waals surface area contributed by atoms with E-state index in [4.69, 9.17) is 4.74 Å². The van der Waals surface area contributed by atoms with Crippen molar-refractivity contribution >= 4 is 5.97 Å². The zero-order chi connectivity index (χ0) is 12.9. The summed E-state index contributed by atoms with van der Waals surface area (Å²) < 4.78 is 5.58. The van der Waals surface area contributed by atoms with E-state index in [1.807, 2.05) is 0 Å². The first-order valence-corrected chi connectivity index (χ1v) is 7.11. The Hall–Kier alpha value is -0.830. The van der Waals surface area contributed by atoms with Gasteiger partial charge in [0.25, 0.3) is 0 Å². The van der Waals surface area contributed by atoms with Crippen LogP contribution in [0.5, 0.6) is 0 Å². The third kappa shape index (κ3) is 1.89. The molecule has 3 fully saturated rings. The van der Waals surface area contributed by atoms with Crippen molar-refractivity contribution in [2.75, 3.05) is 0 Å². The Morgan fingerprint density at radius 1 is 1.17 bits per heavy atom. The highest BCUT2D eigenvalue weighted by Gasteiger charge is 2.55. The highest BCUT2D eigenvalue weighted by molar-refractivity contribution is 5.87. The molecule has 100 valence electrons. The minimum absolute atomic E-state index is 0.0954. The van der Waals surface area contributed by atoms with Crippen molar-refractivity contribution < 1.29 is 14.6 Å². The quantitative estimate of drug-likeness (QED) is 0.604. The lowest BCUT2D eigenvalue weighted by atomic mass is 9.69. The second-order valence-electron chi connectivity index (χ2n) is 6.41. The Morgan fingerprint density at radius 3 is 2.67 bits per heavy atom. The molecule has 3 rings (SSSR count). The van der Waals surface area contributed by atoms with E-state index in [9.17, 15) is 9.90 Å². The van der Waals surface area contributed by atoms with Gasteiger partial charge in [-0.25, -0.2) is 4.79 Å². The molecule has 0 aromatic heterocycles. The van der Waals surface area contributed by atoms with Crippen molar-refractivity contribution in [3.8, 4) is 0 Å². The standard InChI is InChI=1S/C15H22O3/c1-8(2)15(17)18-14-6-9-5-13(14)11-4-3-10(16)7-12(9)11/h9-14,16H,1,3-7H2,2H3. The van der Waals surface area contributed by atoms with Gasteiger partial charge in [-0.3, -0.25) is 0 Å². The Bertz CT molecular complexity index is 376. The number of rotatable bonds is 2. The molecule has 0 amide bonds. The average Bonchev–Trinajstić information content (AvgIpc) is 2.86. The first kappa shape index (κ1) is 12.2. The van der Waals surface area contributed by atoms with Gasteiger partial charge in [0.1, 0.15) is 6.10 Å². The van der Waals surface area contributed by atoms with Gasteiger partial charge in [-0.1, -0.05) is 6.58 Å². The lowest BCUT2D eigenvalue weighted by molar-refractivity contribution is -0.149. The molecule has 6 atom stereocenters. The first-order chi connectivity index (χ1) is 8.56. The molecule has 3 aliphatic carbocycles. The summed E-state index contributed by atoms with van der Waals surface area (Å²) in [4.78, 5) is 11.6. The maximum atomic E-state index is 11.6. The predicted octanol–water partition coefficient (Wildman–Crippen LogP) is 2.29. The molecule has 0 spiro atoms. The molecule has 0 aliphatic heterocycles. The van der Waals surface area contributed by atoms with Gasteiger partial charge in [-0.2, -0.15) is 0 Å². The Balaban J connectivity index is 1.67. The maximum absolute atomic E-state index is 11.6. The molecular formula is C15H22O3. The summed E-state index contributed by atoms with van der Waals surface area (Å²) in [6.45, 7) is 5.35. The fourth-order valence-electron chi connectivity index (χ4n) is 4.52. The lowest BCUT2D eigenvalue weighted by Crippen LogP contribution is -2.39. The fourth-order valence-corrected chi connectivity index (χ4v) is 4.52. The van der Waals surface area contributed by atoms with E-state index in [0.29, 0.717) is 29.2 Å². The number of hydrogen-bond donors (Lipinski definition) is 1. The summed E-state index contributed by atoms with van der Waals surface area (Å²) in [6.07, 6.45) is 5.19. The van der Waals surface area contributed by atoms with Gasteiger partial charge in [0.15, 0.2) is 0 Å². The molecule has 0 heterocycles. The smallest absolute Gasteiger partial charge is 0.333 e. The van der Waals surface area contributed by atoms with E-state index in [0.717, 1.165) is 25.7 Å². The number of aliphatic hydroxyl groups is 1. The summed E-state index contributed by atoms with van der Waals surface area (Å²) in [5.74, 6) is 2.32. The number of hydrogen-bond acceptors (Lipinski definition) is 3. The van der Waals surface area contributed by atoms with E-state index in [1.54, 1.807) is 6.92 Å². The highest BCUT2D eigenvalue weighted by Crippen LogP contribution is 2.58. The SMILES string of the molecule is C=C(C)C(=O)OC1CC2CC1C1CCC(O)CC21. The van der Waals surface area contributed by atoms with Gasteiger partial charge in [0, 0.05) is 5.57 Å². The number of aliphatic hydroxyl groups excluding tert-OH is 1. The number of ether oxygens (including phenoxy) is 1. The molecule has 1 N–H and O–H groups in total. The molecule has 0 aromatic carbocycles. The molecule has 3 nitrogen and oxygen atoms in total. The van der Waals surface area contributed by atoms with Crippen LogP contribution >= 0.6 is 0 Å². The van der Waals surface area contributed by atoms with E-state index in [1.165, 1.54) is 6.42 Å². The Morgan fingerprint density at radius 2 is 1.94 bits per heavy atom. The molecule has 3 saturated carbocycles. The van der Waals surface area contributed by atoms with Crippen LogP contribution in [0.4, 0.5) is 0 Å². The van der Waals surface area contributed by atoms with Crippen molar-refractivity contribution in [2.24, 2.45) is 23.7 Å². The molecule has 18 heavy (non-hydrogen) atoms. The summed E-state index contributed by atoms with van der Waals surface area (Å²) in [7, 11) is 0. The Kier molecular flexibility index (Phi) is 2.97. The van der Waals surface area contributed by atoms with Crippen LogP contribution in [0.1, 0.15) is 39.0 Å². The van der Waals surface area contributed by atoms with Gasteiger partial charge in [0.2, 0.25) is 0 Å². The predicted molar refractivity (Wildman–Crippen MR) is 67.7 cm³/mol. The van der Waals surface area contributed by atoms with Crippen LogP contribution in [0.25, 0.3) is 0 Å². The molecule has 0 saturated heterocycles. The molecule has 3 heteroatoms. The lowest BCUT2D eigenvalue weighted by Gasteiger charge is -2.40. The van der Waals surface area contributed by atoms with E-state index < -0.39 is 0 Å². The number of carbonyl (C=O) groups excluding carboxylic acids is 1. The second kappa shape index (κ2) is 4.37. The van der Waals surface area contributed by atoms with Crippen LogP contribution in [-0.2, 0) is 9.53 Å². The fraction of sp³-hybridized carbons (Fsp3) is 0.800. The third-order valence-corrected chi connectivity index (χ3v) is 5.28. The van der Waals surface area contributed by atoms with E-state index in [2.05, 4.69) is 6.58 Å².